The van der Waals surface area contributed by atoms with Gasteiger partial charge < -0.3 is 5.32 Å². The Kier molecular flexibility index (Phi) is 3.85. The number of hydrogen-bond acceptors (Lipinski definition) is 5. The molecule has 124 valence electrons. The molecule has 0 aromatic heterocycles. The molecule has 1 aliphatic heterocycles. The van der Waals surface area contributed by atoms with E-state index in [2.05, 4.69) is 5.32 Å². The first-order valence-electron chi connectivity index (χ1n) is 7.34. The highest BCUT2D eigenvalue weighted by atomic mass is 32.2. The van der Waals surface area contributed by atoms with E-state index >= 15 is 0 Å². The van der Waals surface area contributed by atoms with Gasteiger partial charge in [-0.2, -0.15) is 4.31 Å². The summed E-state index contributed by atoms with van der Waals surface area (Å²) in [6.45, 7) is 2.08. The Bertz CT molecular complexity index is 767. The average molecular weight is 339 g/mol. The number of carbonyl (C=O) groups excluding carboxylic acids is 1. The third kappa shape index (κ3) is 3.06. The molecule has 0 atom stereocenters. The lowest BCUT2D eigenvalue weighted by Gasteiger charge is -2.37. The standard InChI is InChI=1S/C14H17N3O5S/c1-9-6-11(17(19)20)2-5-13(9)15-14(18)10-7-16(8-10)23(21,22)12-3-4-12/h2,5-6,10,12H,3-4,7-8H2,1H3,(H,15,18). The van der Waals surface area contributed by atoms with Crippen molar-refractivity contribution < 1.29 is 18.1 Å². The summed E-state index contributed by atoms with van der Waals surface area (Å²) in [5, 5.41) is 13.1. The van der Waals surface area contributed by atoms with Crippen molar-refractivity contribution in [1.82, 2.24) is 4.31 Å². The first kappa shape index (κ1) is 15.9. The monoisotopic (exact) mass is 339 g/mol. The average Bonchev–Trinajstić information content (AvgIpc) is 3.23. The summed E-state index contributed by atoms with van der Waals surface area (Å²) in [7, 11) is -3.21. The molecule has 1 heterocycles. The third-order valence-electron chi connectivity index (χ3n) is 4.20. The van der Waals surface area contributed by atoms with Gasteiger partial charge in [0.05, 0.1) is 16.1 Å². The Morgan fingerprint density at radius 3 is 2.52 bits per heavy atom. The van der Waals surface area contributed by atoms with Crippen LogP contribution in [0.15, 0.2) is 18.2 Å². The number of amides is 1. The van der Waals surface area contributed by atoms with Crippen LogP contribution in [0.1, 0.15) is 18.4 Å². The predicted molar refractivity (Wildman–Crippen MR) is 83.5 cm³/mol. The van der Waals surface area contributed by atoms with Crippen LogP contribution in [0.25, 0.3) is 0 Å². The Hall–Kier alpha value is -2.00. The number of nitrogens with zero attached hydrogens (tertiary/aromatic N) is 2. The van der Waals surface area contributed by atoms with E-state index in [0.717, 1.165) is 0 Å². The van der Waals surface area contributed by atoms with E-state index in [0.29, 0.717) is 24.1 Å². The van der Waals surface area contributed by atoms with Crippen LogP contribution in [0.3, 0.4) is 0 Å². The van der Waals surface area contributed by atoms with Crippen molar-refractivity contribution in [2.75, 3.05) is 18.4 Å². The summed E-state index contributed by atoms with van der Waals surface area (Å²) in [6.07, 6.45) is 1.41. The first-order chi connectivity index (χ1) is 10.8. The predicted octanol–water partition coefficient (Wildman–Crippen LogP) is 1.27. The number of nitrogens with one attached hydrogen (secondary N) is 1. The van der Waals surface area contributed by atoms with Crippen molar-refractivity contribution in [2.24, 2.45) is 5.92 Å². The van der Waals surface area contributed by atoms with Crippen LogP contribution in [0.2, 0.25) is 0 Å². The summed E-state index contributed by atoms with van der Waals surface area (Å²) in [5.74, 6) is -0.637. The number of nitro groups is 1. The molecule has 0 unspecified atom stereocenters. The number of sulfonamides is 1. The van der Waals surface area contributed by atoms with Crippen molar-refractivity contribution >= 4 is 27.3 Å². The summed E-state index contributed by atoms with van der Waals surface area (Å²) >= 11 is 0. The minimum atomic E-state index is -3.21. The molecule has 1 aliphatic carbocycles. The van der Waals surface area contributed by atoms with Gasteiger partial charge in [0.1, 0.15) is 0 Å². The number of nitro benzene ring substituents is 1. The number of aryl methyl sites for hydroxylation is 1. The highest BCUT2D eigenvalue weighted by Crippen LogP contribution is 2.34. The molecule has 2 aliphatic rings. The van der Waals surface area contributed by atoms with Gasteiger partial charge in [0.15, 0.2) is 0 Å². The van der Waals surface area contributed by atoms with Gasteiger partial charge in [-0.1, -0.05) is 0 Å². The van der Waals surface area contributed by atoms with Gasteiger partial charge in [0.25, 0.3) is 5.69 Å². The van der Waals surface area contributed by atoms with E-state index < -0.39 is 14.9 Å². The maximum Gasteiger partial charge on any atom is 0.269 e. The van der Waals surface area contributed by atoms with Gasteiger partial charge in [0, 0.05) is 30.9 Å². The molecule has 9 heteroatoms. The van der Waals surface area contributed by atoms with Crippen LogP contribution in [0.4, 0.5) is 11.4 Å². The second-order valence-corrected chi connectivity index (χ2v) is 8.22. The molecule has 1 amide bonds. The number of hydrogen-bond donors (Lipinski definition) is 1. The van der Waals surface area contributed by atoms with Gasteiger partial charge in [-0.3, -0.25) is 14.9 Å². The van der Waals surface area contributed by atoms with Crippen molar-refractivity contribution in [3.63, 3.8) is 0 Å². The molecule has 2 fully saturated rings. The van der Waals surface area contributed by atoms with E-state index in [1.54, 1.807) is 6.92 Å². The minimum absolute atomic E-state index is 0.0363. The first-order valence-corrected chi connectivity index (χ1v) is 8.84. The second-order valence-electron chi connectivity index (χ2n) is 6.00. The lowest BCUT2D eigenvalue weighted by Crippen LogP contribution is -2.55. The quantitative estimate of drug-likeness (QED) is 0.641. The van der Waals surface area contributed by atoms with Crippen LogP contribution in [-0.2, 0) is 14.8 Å². The lowest BCUT2D eigenvalue weighted by molar-refractivity contribution is -0.384. The van der Waals surface area contributed by atoms with Gasteiger partial charge in [0.2, 0.25) is 15.9 Å². The normalized spacial score (nSPS) is 19.2. The lowest BCUT2D eigenvalue weighted by atomic mass is 10.0. The molecule has 23 heavy (non-hydrogen) atoms. The summed E-state index contributed by atoms with van der Waals surface area (Å²) in [4.78, 5) is 22.4. The zero-order chi connectivity index (χ0) is 16.8. The molecular formula is C14H17N3O5S. The maximum atomic E-state index is 12.2. The number of benzene rings is 1. The SMILES string of the molecule is Cc1cc([N+](=O)[O-])ccc1NC(=O)C1CN(S(=O)(=O)C2CC2)C1. The largest absolute Gasteiger partial charge is 0.326 e. The van der Waals surface area contributed by atoms with Gasteiger partial charge in [-0.25, -0.2) is 8.42 Å². The van der Waals surface area contributed by atoms with Crippen LogP contribution in [0.5, 0.6) is 0 Å². The van der Waals surface area contributed by atoms with Crippen LogP contribution in [-0.4, -0.2) is 41.9 Å². The topological polar surface area (TPSA) is 110 Å². The van der Waals surface area contributed by atoms with Crippen molar-refractivity contribution in [3.8, 4) is 0 Å². The number of non-ortho nitro benzene ring substituents is 1. The molecule has 3 rings (SSSR count). The third-order valence-corrected chi connectivity index (χ3v) is 6.53. The fourth-order valence-corrected chi connectivity index (χ4v) is 4.45. The van der Waals surface area contributed by atoms with E-state index in [1.807, 2.05) is 0 Å². The smallest absolute Gasteiger partial charge is 0.269 e. The molecule has 1 N–H and O–H groups in total. The number of rotatable bonds is 5. The molecule has 0 radical (unpaired) electrons. The summed E-state index contributed by atoms with van der Waals surface area (Å²) in [6, 6.07) is 4.20. The van der Waals surface area contributed by atoms with Crippen LogP contribution >= 0.6 is 0 Å². The molecule has 0 spiro atoms. The Morgan fingerprint density at radius 1 is 1.35 bits per heavy atom. The minimum Gasteiger partial charge on any atom is -0.326 e. The Balaban J connectivity index is 1.60. The molecule has 0 bridgehead atoms. The molecular weight excluding hydrogens is 322 g/mol. The van der Waals surface area contributed by atoms with Crippen molar-refractivity contribution in [3.05, 3.63) is 33.9 Å². The Morgan fingerprint density at radius 2 is 2.00 bits per heavy atom. The molecule has 8 nitrogen and oxygen atoms in total. The fourth-order valence-electron chi connectivity index (χ4n) is 2.52. The van der Waals surface area contributed by atoms with Crippen molar-refractivity contribution in [1.29, 1.82) is 0 Å². The fraction of sp³-hybridized carbons (Fsp3) is 0.500. The summed E-state index contributed by atoms with van der Waals surface area (Å²) in [5.41, 5.74) is 1.06. The molecule has 1 aromatic carbocycles. The van der Waals surface area contributed by atoms with Gasteiger partial charge in [-0.05, 0) is 31.4 Å². The zero-order valence-corrected chi connectivity index (χ0v) is 13.4. The molecule has 1 saturated carbocycles. The highest BCUT2D eigenvalue weighted by Gasteiger charge is 2.46. The van der Waals surface area contributed by atoms with E-state index in [4.69, 9.17) is 0 Å². The van der Waals surface area contributed by atoms with Gasteiger partial charge >= 0.3 is 0 Å². The molecule has 1 saturated heterocycles. The van der Waals surface area contributed by atoms with Crippen LogP contribution in [0, 0.1) is 23.0 Å². The van der Waals surface area contributed by atoms with E-state index in [-0.39, 0.29) is 35.9 Å². The highest BCUT2D eigenvalue weighted by molar-refractivity contribution is 7.90. The van der Waals surface area contributed by atoms with Gasteiger partial charge in [-0.15, -0.1) is 0 Å². The second kappa shape index (κ2) is 5.57. The number of carbonyl (C=O) groups is 1. The van der Waals surface area contributed by atoms with E-state index in [9.17, 15) is 23.3 Å². The number of anilines is 1. The van der Waals surface area contributed by atoms with E-state index in [1.165, 1.54) is 22.5 Å². The van der Waals surface area contributed by atoms with Crippen LogP contribution < -0.4 is 5.32 Å². The Labute approximate surface area is 133 Å². The maximum absolute atomic E-state index is 12.2. The zero-order valence-electron chi connectivity index (χ0n) is 12.6. The molecule has 1 aromatic rings. The van der Waals surface area contributed by atoms with Crippen molar-refractivity contribution in [2.45, 2.75) is 25.0 Å². The summed E-state index contributed by atoms with van der Waals surface area (Å²) < 4.78 is 25.3.